The van der Waals surface area contributed by atoms with Crippen LogP contribution in [-0.4, -0.2) is 57.7 Å². The second-order valence-electron chi connectivity index (χ2n) is 6.56. The van der Waals surface area contributed by atoms with Gasteiger partial charge in [-0.2, -0.15) is 5.10 Å². The Morgan fingerprint density at radius 2 is 1.92 bits per heavy atom. The number of nitrogens with zero attached hydrogens (tertiary/aromatic N) is 4. The minimum absolute atomic E-state index is 0.0224. The highest BCUT2D eigenvalue weighted by molar-refractivity contribution is 5.21. The van der Waals surface area contributed by atoms with E-state index in [0.717, 1.165) is 37.9 Å². The van der Waals surface area contributed by atoms with Crippen molar-refractivity contribution in [1.82, 2.24) is 19.7 Å². The molecule has 2 heterocycles. The molecule has 1 aromatic heterocycles. The van der Waals surface area contributed by atoms with E-state index in [1.807, 2.05) is 30.3 Å². The van der Waals surface area contributed by atoms with Gasteiger partial charge in [0.2, 0.25) is 0 Å². The number of ether oxygens (including phenoxy) is 2. The zero-order valence-electron chi connectivity index (χ0n) is 14.9. The van der Waals surface area contributed by atoms with E-state index in [4.69, 9.17) is 14.5 Å². The first kappa shape index (κ1) is 17.8. The van der Waals surface area contributed by atoms with Crippen LogP contribution >= 0.6 is 0 Å². The summed E-state index contributed by atoms with van der Waals surface area (Å²) in [6.45, 7) is 8.17. The number of hydrogen-bond acceptors (Lipinski definition) is 6. The summed E-state index contributed by atoms with van der Waals surface area (Å²) in [6.07, 6.45) is 0. The van der Waals surface area contributed by atoms with Crippen LogP contribution in [-0.2, 0) is 23.4 Å². The van der Waals surface area contributed by atoms with Crippen LogP contribution in [0.3, 0.4) is 0 Å². The highest BCUT2D eigenvalue weighted by atomic mass is 16.5. The van der Waals surface area contributed by atoms with Crippen molar-refractivity contribution >= 4 is 0 Å². The van der Waals surface area contributed by atoms with Crippen LogP contribution in [0.15, 0.2) is 30.3 Å². The fraction of sp³-hybridized carbons (Fsp3) is 0.556. The van der Waals surface area contributed by atoms with Gasteiger partial charge in [-0.1, -0.05) is 18.2 Å². The van der Waals surface area contributed by atoms with E-state index in [1.54, 1.807) is 4.68 Å². The van der Waals surface area contributed by atoms with Gasteiger partial charge in [0.15, 0.2) is 5.82 Å². The summed E-state index contributed by atoms with van der Waals surface area (Å²) in [5.41, 5.74) is -0.295. The number of benzene rings is 1. The van der Waals surface area contributed by atoms with Crippen LogP contribution in [0.25, 0.3) is 0 Å². The SMILES string of the molecule is CC(C)(c1nc(COc2ccccc2)nn1CCO)N1CCOCC1. The normalized spacial score (nSPS) is 16.1. The lowest BCUT2D eigenvalue weighted by Crippen LogP contribution is -2.49. The summed E-state index contributed by atoms with van der Waals surface area (Å²) < 4.78 is 13.0. The van der Waals surface area contributed by atoms with Gasteiger partial charge in [0.05, 0.1) is 31.9 Å². The van der Waals surface area contributed by atoms with Crippen LogP contribution in [0.4, 0.5) is 0 Å². The van der Waals surface area contributed by atoms with Crippen LogP contribution < -0.4 is 4.74 Å². The quantitative estimate of drug-likeness (QED) is 0.817. The lowest BCUT2D eigenvalue weighted by atomic mass is 10.0. The van der Waals surface area contributed by atoms with E-state index in [0.29, 0.717) is 19.0 Å². The molecule has 0 radical (unpaired) electrons. The van der Waals surface area contributed by atoms with Crippen molar-refractivity contribution in [3.05, 3.63) is 42.0 Å². The molecule has 0 saturated carbocycles. The average molecular weight is 346 g/mol. The first-order valence-electron chi connectivity index (χ1n) is 8.67. The molecule has 1 N–H and O–H groups in total. The Labute approximate surface area is 148 Å². The van der Waals surface area contributed by atoms with Gasteiger partial charge in [-0.25, -0.2) is 9.67 Å². The number of para-hydroxylation sites is 1. The third-order valence-corrected chi connectivity index (χ3v) is 4.49. The van der Waals surface area contributed by atoms with E-state index in [2.05, 4.69) is 23.8 Å². The maximum Gasteiger partial charge on any atom is 0.188 e. The fourth-order valence-corrected chi connectivity index (χ4v) is 3.08. The molecule has 1 fully saturated rings. The Morgan fingerprint density at radius 3 is 2.60 bits per heavy atom. The van der Waals surface area contributed by atoms with Crippen molar-refractivity contribution in [3.8, 4) is 5.75 Å². The van der Waals surface area contributed by atoms with Gasteiger partial charge in [-0.05, 0) is 26.0 Å². The molecular weight excluding hydrogens is 320 g/mol. The lowest BCUT2D eigenvalue weighted by Gasteiger charge is -2.39. The molecule has 25 heavy (non-hydrogen) atoms. The number of rotatable bonds is 7. The lowest BCUT2D eigenvalue weighted by molar-refractivity contribution is -0.0164. The first-order chi connectivity index (χ1) is 12.1. The molecule has 1 aromatic carbocycles. The number of morpholine rings is 1. The summed E-state index contributed by atoms with van der Waals surface area (Å²) in [4.78, 5) is 7.07. The molecular formula is C18H26N4O3. The zero-order chi connectivity index (χ0) is 17.7. The molecule has 1 aliphatic rings. The highest BCUT2D eigenvalue weighted by Crippen LogP contribution is 2.27. The van der Waals surface area contributed by atoms with Crippen molar-refractivity contribution in [3.63, 3.8) is 0 Å². The molecule has 7 nitrogen and oxygen atoms in total. The third kappa shape index (κ3) is 4.18. The van der Waals surface area contributed by atoms with Crippen molar-refractivity contribution in [1.29, 1.82) is 0 Å². The minimum Gasteiger partial charge on any atom is -0.486 e. The van der Waals surface area contributed by atoms with Crippen molar-refractivity contribution in [2.45, 2.75) is 32.5 Å². The van der Waals surface area contributed by atoms with Gasteiger partial charge in [0.1, 0.15) is 18.2 Å². The van der Waals surface area contributed by atoms with Gasteiger partial charge in [0, 0.05) is 13.1 Å². The molecule has 0 amide bonds. The molecule has 0 unspecified atom stereocenters. The predicted octanol–water partition coefficient (Wildman–Crippen LogP) is 1.42. The molecule has 1 aliphatic heterocycles. The molecule has 0 aliphatic carbocycles. The topological polar surface area (TPSA) is 72.6 Å². The molecule has 0 spiro atoms. The minimum atomic E-state index is -0.295. The highest BCUT2D eigenvalue weighted by Gasteiger charge is 2.35. The second-order valence-corrected chi connectivity index (χ2v) is 6.56. The average Bonchev–Trinajstić information content (AvgIpc) is 3.06. The fourth-order valence-electron chi connectivity index (χ4n) is 3.08. The van der Waals surface area contributed by atoms with Crippen molar-refractivity contribution < 1.29 is 14.6 Å². The maximum absolute atomic E-state index is 9.38. The molecule has 3 rings (SSSR count). The van der Waals surface area contributed by atoms with Crippen LogP contribution in [0.2, 0.25) is 0 Å². The number of aliphatic hydroxyl groups is 1. The van der Waals surface area contributed by atoms with Crippen LogP contribution in [0, 0.1) is 0 Å². The van der Waals surface area contributed by atoms with Crippen molar-refractivity contribution in [2.75, 3.05) is 32.9 Å². The smallest absolute Gasteiger partial charge is 0.188 e. The molecule has 0 bridgehead atoms. The monoisotopic (exact) mass is 346 g/mol. The Morgan fingerprint density at radius 1 is 1.20 bits per heavy atom. The molecule has 136 valence electrons. The number of aromatic nitrogens is 3. The van der Waals surface area contributed by atoms with Gasteiger partial charge in [0.25, 0.3) is 0 Å². The zero-order valence-corrected chi connectivity index (χ0v) is 14.9. The van der Waals surface area contributed by atoms with E-state index in [-0.39, 0.29) is 12.1 Å². The van der Waals surface area contributed by atoms with E-state index >= 15 is 0 Å². The van der Waals surface area contributed by atoms with Crippen LogP contribution in [0.5, 0.6) is 5.75 Å². The van der Waals surface area contributed by atoms with E-state index in [1.165, 1.54) is 0 Å². The number of hydrogen-bond donors (Lipinski definition) is 1. The van der Waals surface area contributed by atoms with Gasteiger partial charge in [-0.15, -0.1) is 0 Å². The largest absolute Gasteiger partial charge is 0.486 e. The van der Waals surface area contributed by atoms with Crippen molar-refractivity contribution in [2.24, 2.45) is 0 Å². The summed E-state index contributed by atoms with van der Waals surface area (Å²) in [7, 11) is 0. The molecule has 1 saturated heterocycles. The molecule has 0 atom stereocenters. The second kappa shape index (κ2) is 7.95. The number of aliphatic hydroxyl groups excluding tert-OH is 1. The molecule has 2 aromatic rings. The third-order valence-electron chi connectivity index (χ3n) is 4.49. The summed E-state index contributed by atoms with van der Waals surface area (Å²) in [6, 6.07) is 9.62. The standard InChI is InChI=1S/C18H26N4O3/c1-18(2,21-9-12-24-13-10-21)17-19-16(20-22(17)8-11-23)14-25-15-6-4-3-5-7-15/h3-7,23H,8-14H2,1-2H3. The summed E-state index contributed by atoms with van der Waals surface area (Å²) in [5.74, 6) is 2.25. The summed E-state index contributed by atoms with van der Waals surface area (Å²) >= 11 is 0. The Kier molecular flexibility index (Phi) is 5.67. The Bertz CT molecular complexity index is 666. The van der Waals surface area contributed by atoms with E-state index in [9.17, 15) is 5.11 Å². The van der Waals surface area contributed by atoms with Gasteiger partial charge >= 0.3 is 0 Å². The maximum atomic E-state index is 9.38. The van der Waals surface area contributed by atoms with Crippen LogP contribution in [0.1, 0.15) is 25.5 Å². The Hall–Kier alpha value is -1.96. The van der Waals surface area contributed by atoms with Gasteiger partial charge < -0.3 is 14.6 Å². The van der Waals surface area contributed by atoms with Gasteiger partial charge in [-0.3, -0.25) is 4.90 Å². The first-order valence-corrected chi connectivity index (χ1v) is 8.67. The van der Waals surface area contributed by atoms with E-state index < -0.39 is 0 Å². The predicted molar refractivity (Wildman–Crippen MR) is 93.3 cm³/mol. The molecule has 7 heteroatoms. The Balaban J connectivity index is 1.78. The summed E-state index contributed by atoms with van der Waals surface area (Å²) in [5, 5.41) is 13.9.